The molecule has 10 heavy (non-hydrogen) atoms. The first-order valence-corrected chi connectivity index (χ1v) is 3.54. The molecule has 1 heterocycles. The second kappa shape index (κ2) is 3.60. The van der Waals surface area contributed by atoms with Crippen LogP contribution in [0.25, 0.3) is 0 Å². The minimum Gasteiger partial charge on any atom is -0.300 e. The van der Waals surface area contributed by atoms with Gasteiger partial charge in [-0.3, -0.25) is 9.80 Å². The Morgan fingerprint density at radius 1 is 1.30 bits per heavy atom. The van der Waals surface area contributed by atoms with E-state index in [1.54, 1.807) is 0 Å². The summed E-state index contributed by atoms with van der Waals surface area (Å²) in [4.78, 5) is 4.34. The minimum atomic E-state index is 0.786. The lowest BCUT2D eigenvalue weighted by molar-refractivity contribution is 0.182. The molecule has 1 aliphatic rings. The van der Waals surface area contributed by atoms with Crippen molar-refractivity contribution < 1.29 is 0 Å². The van der Waals surface area contributed by atoms with Crippen LogP contribution in [0.15, 0.2) is 0 Å². The molecule has 1 fully saturated rings. The number of hydrogen-bond donors (Lipinski definition) is 0. The van der Waals surface area contributed by atoms with Crippen molar-refractivity contribution >= 4 is 0 Å². The molecule has 1 radical (unpaired) electrons. The quantitative estimate of drug-likeness (QED) is 0.470. The number of piperazine rings is 1. The van der Waals surface area contributed by atoms with E-state index in [9.17, 15) is 0 Å². The van der Waals surface area contributed by atoms with Gasteiger partial charge in [-0.15, -0.1) is 6.42 Å². The molecule has 0 aromatic heterocycles. The van der Waals surface area contributed by atoms with Crippen LogP contribution >= 0.6 is 0 Å². The standard InChI is InChI=1S/C8H13N2/c1-3-4-10-7-5-9(2)6-8-10/h1H,2,4-8H2. The average molecular weight is 137 g/mol. The highest BCUT2D eigenvalue weighted by Crippen LogP contribution is 1.97. The summed E-state index contributed by atoms with van der Waals surface area (Å²) in [5, 5.41) is 0. The fraction of sp³-hybridized carbons (Fsp3) is 0.625. The highest BCUT2D eigenvalue weighted by molar-refractivity contribution is 4.89. The van der Waals surface area contributed by atoms with Crippen LogP contribution in [-0.4, -0.2) is 42.5 Å². The molecule has 0 aliphatic carbocycles. The maximum absolute atomic E-state index is 5.17. The Labute approximate surface area is 62.8 Å². The first kappa shape index (κ1) is 7.59. The van der Waals surface area contributed by atoms with Gasteiger partial charge in [0.05, 0.1) is 6.54 Å². The highest BCUT2D eigenvalue weighted by atomic mass is 15.2. The van der Waals surface area contributed by atoms with E-state index in [-0.39, 0.29) is 0 Å². The second-order valence-electron chi connectivity index (χ2n) is 2.60. The Hall–Kier alpha value is -0.520. The van der Waals surface area contributed by atoms with E-state index in [1.165, 1.54) is 0 Å². The smallest absolute Gasteiger partial charge is 0.0599 e. The molecule has 0 aromatic rings. The monoisotopic (exact) mass is 137 g/mol. The van der Waals surface area contributed by atoms with Gasteiger partial charge in [-0.05, 0) is 0 Å². The summed E-state index contributed by atoms with van der Waals surface area (Å²) in [6.07, 6.45) is 5.17. The van der Waals surface area contributed by atoms with Crippen molar-refractivity contribution in [3.63, 3.8) is 0 Å². The molecule has 1 rings (SSSR count). The van der Waals surface area contributed by atoms with Gasteiger partial charge >= 0.3 is 0 Å². The molecule has 0 unspecified atom stereocenters. The fourth-order valence-corrected chi connectivity index (χ4v) is 1.08. The molecule has 0 N–H and O–H groups in total. The van der Waals surface area contributed by atoms with E-state index in [2.05, 4.69) is 22.8 Å². The summed E-state index contributed by atoms with van der Waals surface area (Å²) in [7, 11) is 3.85. The topological polar surface area (TPSA) is 6.48 Å². The van der Waals surface area contributed by atoms with Gasteiger partial charge in [-0.2, -0.15) is 0 Å². The molecular formula is C8H13N2. The zero-order valence-corrected chi connectivity index (χ0v) is 6.21. The largest absolute Gasteiger partial charge is 0.300 e. The van der Waals surface area contributed by atoms with E-state index >= 15 is 0 Å². The SMILES string of the molecule is C#CCN1CCN([CH2])CC1. The van der Waals surface area contributed by atoms with E-state index in [0.717, 1.165) is 32.7 Å². The molecule has 0 amide bonds. The Bertz CT molecular complexity index is 129. The van der Waals surface area contributed by atoms with Gasteiger partial charge in [-0.25, -0.2) is 0 Å². The van der Waals surface area contributed by atoms with Crippen LogP contribution in [0, 0.1) is 19.4 Å². The summed E-state index contributed by atoms with van der Waals surface area (Å²) in [6.45, 7) is 5.00. The zero-order chi connectivity index (χ0) is 7.40. The third kappa shape index (κ3) is 2.02. The lowest BCUT2D eigenvalue weighted by Crippen LogP contribution is -2.43. The van der Waals surface area contributed by atoms with Crippen LogP contribution in [0.5, 0.6) is 0 Å². The van der Waals surface area contributed by atoms with Gasteiger partial charge in [0.25, 0.3) is 0 Å². The van der Waals surface area contributed by atoms with Crippen molar-refractivity contribution in [2.45, 2.75) is 0 Å². The highest BCUT2D eigenvalue weighted by Gasteiger charge is 2.11. The van der Waals surface area contributed by atoms with Gasteiger partial charge in [-0.1, -0.05) is 5.92 Å². The maximum Gasteiger partial charge on any atom is 0.0599 e. The molecule has 1 saturated heterocycles. The molecule has 0 bridgehead atoms. The van der Waals surface area contributed by atoms with Gasteiger partial charge in [0.2, 0.25) is 0 Å². The van der Waals surface area contributed by atoms with E-state index in [4.69, 9.17) is 6.42 Å². The van der Waals surface area contributed by atoms with E-state index < -0.39 is 0 Å². The van der Waals surface area contributed by atoms with Crippen molar-refractivity contribution in [2.24, 2.45) is 0 Å². The summed E-state index contributed by atoms with van der Waals surface area (Å²) in [5.74, 6) is 2.64. The van der Waals surface area contributed by atoms with Crippen LogP contribution in [0.4, 0.5) is 0 Å². The van der Waals surface area contributed by atoms with Crippen molar-refractivity contribution in [2.75, 3.05) is 32.7 Å². The lowest BCUT2D eigenvalue weighted by Gasteiger charge is -2.30. The van der Waals surface area contributed by atoms with Gasteiger partial charge in [0, 0.05) is 33.2 Å². The molecule has 1 aliphatic heterocycles. The first-order valence-electron chi connectivity index (χ1n) is 3.54. The Kier molecular flexibility index (Phi) is 2.73. The number of rotatable bonds is 1. The normalized spacial score (nSPS) is 22.4. The zero-order valence-electron chi connectivity index (χ0n) is 6.21. The predicted molar refractivity (Wildman–Crippen MR) is 42.2 cm³/mol. The molecule has 55 valence electrons. The number of hydrogen-bond acceptors (Lipinski definition) is 2. The van der Waals surface area contributed by atoms with Crippen molar-refractivity contribution in [1.82, 2.24) is 9.80 Å². The van der Waals surface area contributed by atoms with Crippen LogP contribution in [0.3, 0.4) is 0 Å². The van der Waals surface area contributed by atoms with E-state index in [0.29, 0.717) is 0 Å². The number of terminal acetylenes is 1. The predicted octanol–water partition coefficient (Wildman–Crippen LogP) is 0.0288. The van der Waals surface area contributed by atoms with Crippen molar-refractivity contribution in [3.8, 4) is 12.3 Å². The van der Waals surface area contributed by atoms with Crippen LogP contribution in [0.2, 0.25) is 0 Å². The maximum atomic E-state index is 5.17. The van der Waals surface area contributed by atoms with Crippen LogP contribution in [-0.2, 0) is 0 Å². The Morgan fingerprint density at radius 3 is 2.40 bits per heavy atom. The number of nitrogens with zero attached hydrogens (tertiary/aromatic N) is 2. The molecule has 2 heteroatoms. The van der Waals surface area contributed by atoms with Gasteiger partial charge in [0.1, 0.15) is 0 Å². The van der Waals surface area contributed by atoms with Gasteiger partial charge in [0.15, 0.2) is 0 Å². The molecular weight excluding hydrogens is 124 g/mol. The molecule has 0 saturated carbocycles. The second-order valence-corrected chi connectivity index (χ2v) is 2.60. The summed E-state index contributed by atoms with van der Waals surface area (Å²) < 4.78 is 0. The fourth-order valence-electron chi connectivity index (χ4n) is 1.08. The third-order valence-corrected chi connectivity index (χ3v) is 1.78. The third-order valence-electron chi connectivity index (χ3n) is 1.78. The average Bonchev–Trinajstić information content (AvgIpc) is 1.95. The lowest BCUT2D eigenvalue weighted by atomic mass is 10.3. The first-order chi connectivity index (χ1) is 4.83. The Morgan fingerprint density at radius 2 is 1.90 bits per heavy atom. The van der Waals surface area contributed by atoms with Gasteiger partial charge < -0.3 is 0 Å². The molecule has 0 atom stereocenters. The molecule has 2 nitrogen and oxygen atoms in total. The van der Waals surface area contributed by atoms with E-state index in [1.807, 2.05) is 0 Å². The summed E-state index contributed by atoms with van der Waals surface area (Å²) in [5.41, 5.74) is 0. The molecule has 0 aromatic carbocycles. The summed E-state index contributed by atoms with van der Waals surface area (Å²) in [6, 6.07) is 0. The minimum absolute atomic E-state index is 0.786. The van der Waals surface area contributed by atoms with Crippen molar-refractivity contribution in [1.29, 1.82) is 0 Å². The van der Waals surface area contributed by atoms with Crippen molar-refractivity contribution in [3.05, 3.63) is 7.05 Å². The molecule has 0 spiro atoms. The summed E-state index contributed by atoms with van der Waals surface area (Å²) >= 11 is 0. The Balaban J connectivity index is 2.21. The van der Waals surface area contributed by atoms with Crippen LogP contribution < -0.4 is 0 Å². The van der Waals surface area contributed by atoms with Crippen LogP contribution in [0.1, 0.15) is 0 Å².